The first-order chi connectivity index (χ1) is 15.5. The number of β-amino-alcohol motifs (C(OH)–C–C–N with tert-alkyl or cyclic N) is 1. The summed E-state index contributed by atoms with van der Waals surface area (Å²) in [6.07, 6.45) is -2.49. The number of nitrogens with one attached hydrogen (secondary N) is 1. The molecular formula is C24H29F3N5O+. The van der Waals surface area contributed by atoms with Crippen molar-refractivity contribution in [2.75, 3.05) is 25.0 Å². The van der Waals surface area contributed by atoms with Crippen LogP contribution in [0.4, 0.5) is 18.9 Å². The summed E-state index contributed by atoms with van der Waals surface area (Å²) < 4.78 is 45.4. The van der Waals surface area contributed by atoms with Crippen molar-refractivity contribution in [3.05, 3.63) is 46.7 Å². The quantitative estimate of drug-likeness (QED) is 0.681. The number of hydrogen-bond acceptors (Lipinski definition) is 5. The van der Waals surface area contributed by atoms with Gasteiger partial charge in [-0.05, 0) is 61.0 Å². The second-order valence-electron chi connectivity index (χ2n) is 9.17. The normalized spacial score (nSPS) is 25.7. The highest BCUT2D eigenvalue weighted by molar-refractivity contribution is 6.16. The summed E-state index contributed by atoms with van der Waals surface area (Å²) in [7, 11) is 0. The second-order valence-corrected chi connectivity index (χ2v) is 9.17. The number of guanidine groups is 1. The Morgan fingerprint density at radius 3 is 2.52 bits per heavy atom. The maximum absolute atomic E-state index is 13.8. The number of benzene rings is 1. The average molecular weight is 461 g/mol. The van der Waals surface area contributed by atoms with Crippen LogP contribution in [-0.4, -0.2) is 70.5 Å². The molecule has 3 heterocycles. The van der Waals surface area contributed by atoms with E-state index in [1.54, 1.807) is 11.1 Å². The molecule has 176 valence electrons. The van der Waals surface area contributed by atoms with Crippen LogP contribution >= 0.6 is 0 Å². The zero-order chi connectivity index (χ0) is 23.9. The highest BCUT2D eigenvalue weighted by Crippen LogP contribution is 2.34. The van der Waals surface area contributed by atoms with Crippen LogP contribution in [0.2, 0.25) is 0 Å². The van der Waals surface area contributed by atoms with Crippen LogP contribution in [-0.2, 0) is 0 Å². The highest BCUT2D eigenvalue weighted by Gasteiger charge is 2.47. The molecule has 1 fully saturated rings. The number of amidine groups is 1. The smallest absolute Gasteiger partial charge is 0.392 e. The molecule has 0 bridgehead atoms. The number of hydrogen-bond donors (Lipinski definition) is 2. The van der Waals surface area contributed by atoms with Gasteiger partial charge in [-0.1, -0.05) is 13.0 Å². The largest absolute Gasteiger partial charge is 0.496 e. The molecule has 6 nitrogen and oxygen atoms in total. The topological polar surface area (TPSA) is 65.2 Å². The van der Waals surface area contributed by atoms with Crippen molar-refractivity contribution in [3.8, 4) is 0 Å². The Kier molecular flexibility index (Phi) is 6.25. The summed E-state index contributed by atoms with van der Waals surface area (Å²) in [5.41, 5.74) is 2.79. The van der Waals surface area contributed by atoms with Gasteiger partial charge < -0.3 is 10.0 Å². The molecule has 0 spiro atoms. The molecule has 0 aliphatic carbocycles. The van der Waals surface area contributed by atoms with Gasteiger partial charge in [0.1, 0.15) is 5.69 Å². The van der Waals surface area contributed by atoms with Crippen LogP contribution < -0.4 is 9.98 Å². The first-order valence-corrected chi connectivity index (χ1v) is 11.1. The molecular weight excluding hydrogens is 431 g/mol. The van der Waals surface area contributed by atoms with Crippen LogP contribution in [0.15, 0.2) is 40.5 Å². The molecule has 9 heteroatoms. The maximum Gasteiger partial charge on any atom is 0.496 e. The monoisotopic (exact) mass is 460 g/mol. The molecule has 4 rings (SSSR count). The third-order valence-corrected chi connectivity index (χ3v) is 6.42. The summed E-state index contributed by atoms with van der Waals surface area (Å²) in [5, 5.41) is 12.8. The Hall–Kier alpha value is -2.83. The SMILES string of the molecule is Cc1cc(C)cc(NC2=[N+]=C=C(C(F)(F)F)C(N3C=C(CN4CC[C@@H](O)C4)C(C)C3C)=N2)c1. The minimum Gasteiger partial charge on any atom is -0.392 e. The minimum absolute atomic E-state index is 0.0367. The molecule has 3 atom stereocenters. The van der Waals surface area contributed by atoms with Gasteiger partial charge >= 0.3 is 12.1 Å². The predicted molar refractivity (Wildman–Crippen MR) is 124 cm³/mol. The van der Waals surface area contributed by atoms with Crippen molar-refractivity contribution in [2.45, 2.75) is 52.4 Å². The summed E-state index contributed by atoms with van der Waals surface area (Å²) >= 11 is 0. The third kappa shape index (κ3) is 5.07. The zero-order valence-electron chi connectivity index (χ0n) is 19.2. The number of nitrogens with zero attached hydrogens (tertiary/aromatic N) is 4. The number of likely N-dealkylation sites (tertiary alicyclic amines) is 1. The predicted octanol–water partition coefficient (Wildman–Crippen LogP) is 3.00. The van der Waals surface area contributed by atoms with Crippen LogP contribution in [0.5, 0.6) is 0 Å². The van der Waals surface area contributed by atoms with Crippen molar-refractivity contribution in [3.63, 3.8) is 0 Å². The van der Waals surface area contributed by atoms with E-state index >= 15 is 0 Å². The molecule has 2 N–H and O–H groups in total. The van der Waals surface area contributed by atoms with Crippen molar-refractivity contribution in [2.24, 2.45) is 10.9 Å². The second kappa shape index (κ2) is 8.84. The van der Waals surface area contributed by atoms with Crippen LogP contribution in [0.25, 0.3) is 0 Å². The fourth-order valence-corrected chi connectivity index (χ4v) is 4.57. The first kappa shape index (κ1) is 23.3. The van der Waals surface area contributed by atoms with E-state index in [1.165, 1.54) is 0 Å². The number of rotatable bonds is 3. The molecule has 33 heavy (non-hydrogen) atoms. The Balaban J connectivity index is 1.65. The first-order valence-electron chi connectivity index (χ1n) is 11.1. The lowest BCUT2D eigenvalue weighted by Crippen LogP contribution is -2.41. The maximum atomic E-state index is 13.8. The molecule has 0 aromatic heterocycles. The van der Waals surface area contributed by atoms with E-state index in [2.05, 4.69) is 25.7 Å². The number of halogens is 3. The van der Waals surface area contributed by atoms with E-state index in [0.29, 0.717) is 25.2 Å². The number of anilines is 1. The Morgan fingerprint density at radius 2 is 1.91 bits per heavy atom. The fraction of sp³-hybridized carbons (Fsp3) is 0.500. The molecule has 3 aliphatic rings. The number of aliphatic hydroxyl groups excluding tert-OH is 1. The van der Waals surface area contributed by atoms with Gasteiger partial charge in [-0.3, -0.25) is 4.90 Å². The highest BCUT2D eigenvalue weighted by atomic mass is 19.4. The van der Waals surface area contributed by atoms with Gasteiger partial charge in [-0.15, -0.1) is 0 Å². The van der Waals surface area contributed by atoms with Crippen molar-refractivity contribution < 1.29 is 18.3 Å². The minimum atomic E-state index is -4.63. The zero-order valence-corrected chi connectivity index (χ0v) is 19.2. The van der Waals surface area contributed by atoms with Crippen molar-refractivity contribution in [1.82, 2.24) is 14.5 Å². The van der Waals surface area contributed by atoms with Gasteiger partial charge in [0.05, 0.1) is 6.10 Å². The average Bonchev–Trinajstić information content (AvgIpc) is 3.24. The third-order valence-electron chi connectivity index (χ3n) is 6.42. The van der Waals surface area contributed by atoms with Crippen molar-refractivity contribution in [1.29, 1.82) is 0 Å². The number of aliphatic hydroxyl groups is 1. The number of aryl methyl sites for hydroxylation is 2. The lowest BCUT2D eigenvalue weighted by Gasteiger charge is -2.25. The van der Waals surface area contributed by atoms with E-state index in [9.17, 15) is 18.3 Å². The summed E-state index contributed by atoms with van der Waals surface area (Å²) in [6.45, 7) is 9.77. The molecule has 3 aliphatic heterocycles. The van der Waals surface area contributed by atoms with Crippen LogP contribution in [0, 0.1) is 19.8 Å². The molecule has 0 radical (unpaired) electrons. The van der Waals surface area contributed by atoms with E-state index in [1.807, 2.05) is 45.9 Å². The van der Waals surface area contributed by atoms with E-state index < -0.39 is 11.7 Å². The lowest BCUT2D eigenvalue weighted by atomic mass is 9.97. The van der Waals surface area contributed by atoms with Gasteiger partial charge in [-0.2, -0.15) is 17.8 Å². The molecule has 0 saturated carbocycles. The number of alkyl halides is 3. The summed E-state index contributed by atoms with van der Waals surface area (Å²) in [6, 6.07) is 5.56. The van der Waals surface area contributed by atoms with E-state index in [4.69, 9.17) is 0 Å². The lowest BCUT2D eigenvalue weighted by molar-refractivity contribution is -0.0854. The van der Waals surface area contributed by atoms with E-state index in [-0.39, 0.29) is 29.9 Å². The van der Waals surface area contributed by atoms with Crippen LogP contribution in [0.1, 0.15) is 31.4 Å². The summed E-state index contributed by atoms with van der Waals surface area (Å²) in [5.74, 6) is 2.08. The molecule has 2 unspecified atom stereocenters. The van der Waals surface area contributed by atoms with Gasteiger partial charge in [0, 0.05) is 37.8 Å². The molecule has 1 aromatic carbocycles. The Bertz CT molecular complexity index is 1090. The number of aliphatic imine (C=N–C) groups is 1. The molecule has 1 aromatic rings. The Labute approximate surface area is 191 Å². The van der Waals surface area contributed by atoms with Gasteiger partial charge in [-0.25, -0.2) is 5.32 Å². The summed E-state index contributed by atoms with van der Waals surface area (Å²) in [4.78, 5) is 8.01. The molecule has 0 amide bonds. The standard InChI is InChI=1S/C24H28F3N5O/c1-14-7-15(2)9-19(8-14)29-23-28-10-21(24(25,26)27)22(30-23)32-12-18(16(3)17(32)4)11-31-6-5-20(33)13-31/h7-9,12,16-17,20,33H,5-6,11,13H2,1-4H3/p+1/t16?,17?,20-/m1/s1. The molecule has 1 saturated heterocycles. The Morgan fingerprint density at radius 1 is 1.21 bits per heavy atom. The van der Waals surface area contributed by atoms with Crippen LogP contribution in [0.3, 0.4) is 0 Å². The van der Waals surface area contributed by atoms with E-state index in [0.717, 1.165) is 23.2 Å². The van der Waals surface area contributed by atoms with Gasteiger partial charge in [0.2, 0.25) is 11.4 Å². The van der Waals surface area contributed by atoms with Gasteiger partial charge in [0.15, 0.2) is 5.87 Å². The van der Waals surface area contributed by atoms with Crippen molar-refractivity contribution >= 4 is 23.4 Å². The van der Waals surface area contributed by atoms with Gasteiger partial charge in [0.25, 0.3) is 0 Å². The fourth-order valence-electron chi connectivity index (χ4n) is 4.57.